The first kappa shape index (κ1) is 14.9. The van der Waals surface area contributed by atoms with Crippen LogP contribution in [0.4, 0.5) is 0 Å². The Labute approximate surface area is 128 Å². The number of hydrogen-bond donors (Lipinski definition) is 2. The molecular formula is C18H28N2O. The van der Waals surface area contributed by atoms with Gasteiger partial charge in [0.2, 0.25) is 0 Å². The Morgan fingerprint density at radius 3 is 2.81 bits per heavy atom. The van der Waals surface area contributed by atoms with Gasteiger partial charge in [-0.15, -0.1) is 0 Å². The summed E-state index contributed by atoms with van der Waals surface area (Å²) in [4.78, 5) is 0. The summed E-state index contributed by atoms with van der Waals surface area (Å²) in [6, 6.07) is 10.1. The molecule has 0 spiro atoms. The van der Waals surface area contributed by atoms with E-state index < -0.39 is 0 Å². The van der Waals surface area contributed by atoms with Crippen molar-refractivity contribution >= 4 is 0 Å². The molecule has 0 radical (unpaired) electrons. The fourth-order valence-corrected chi connectivity index (χ4v) is 4.19. The molecule has 1 aromatic rings. The van der Waals surface area contributed by atoms with E-state index in [1.54, 1.807) is 7.11 Å². The highest BCUT2D eigenvalue weighted by atomic mass is 16.5. The summed E-state index contributed by atoms with van der Waals surface area (Å²) in [5.41, 5.74) is 1.27. The van der Waals surface area contributed by atoms with Crippen molar-refractivity contribution in [2.75, 3.05) is 13.7 Å². The quantitative estimate of drug-likeness (QED) is 0.872. The van der Waals surface area contributed by atoms with Crippen LogP contribution in [-0.2, 0) is 0 Å². The van der Waals surface area contributed by atoms with E-state index in [0.717, 1.165) is 17.7 Å². The first-order valence-electron chi connectivity index (χ1n) is 8.42. The smallest absolute Gasteiger partial charge is 0.123 e. The van der Waals surface area contributed by atoms with Crippen LogP contribution in [0.5, 0.6) is 5.75 Å². The topological polar surface area (TPSA) is 33.3 Å². The zero-order chi connectivity index (χ0) is 14.7. The van der Waals surface area contributed by atoms with Gasteiger partial charge in [0.1, 0.15) is 5.75 Å². The third-order valence-electron chi connectivity index (χ3n) is 5.25. The van der Waals surface area contributed by atoms with E-state index >= 15 is 0 Å². The average Bonchev–Trinajstić information content (AvgIpc) is 3.17. The molecule has 3 nitrogen and oxygen atoms in total. The first-order chi connectivity index (χ1) is 10.3. The second-order valence-corrected chi connectivity index (χ2v) is 6.53. The summed E-state index contributed by atoms with van der Waals surface area (Å²) in [6.45, 7) is 3.46. The van der Waals surface area contributed by atoms with Gasteiger partial charge in [-0.1, -0.05) is 24.6 Å². The predicted octanol–water partition coefficient (Wildman–Crippen LogP) is 3.27. The highest BCUT2D eigenvalue weighted by Gasteiger charge is 2.35. The van der Waals surface area contributed by atoms with Crippen molar-refractivity contribution in [3.8, 4) is 5.75 Å². The minimum Gasteiger partial charge on any atom is -0.496 e. The van der Waals surface area contributed by atoms with Gasteiger partial charge in [0.25, 0.3) is 0 Å². The van der Waals surface area contributed by atoms with Crippen LogP contribution in [0, 0.1) is 5.92 Å². The van der Waals surface area contributed by atoms with E-state index in [9.17, 15) is 0 Å². The molecule has 1 heterocycles. The van der Waals surface area contributed by atoms with Gasteiger partial charge in [0.15, 0.2) is 0 Å². The normalized spacial score (nSPS) is 30.5. The van der Waals surface area contributed by atoms with Crippen LogP contribution < -0.4 is 15.4 Å². The number of hydrogen-bond acceptors (Lipinski definition) is 3. The molecule has 4 unspecified atom stereocenters. The lowest BCUT2D eigenvalue weighted by molar-refractivity contribution is 0.300. The molecule has 2 N–H and O–H groups in total. The lowest BCUT2D eigenvalue weighted by Crippen LogP contribution is -2.43. The predicted molar refractivity (Wildman–Crippen MR) is 86.7 cm³/mol. The minimum atomic E-state index is 0.341. The molecule has 1 saturated carbocycles. The molecule has 2 fully saturated rings. The lowest BCUT2D eigenvalue weighted by Gasteiger charge is -2.30. The van der Waals surface area contributed by atoms with Crippen molar-refractivity contribution in [3.05, 3.63) is 29.8 Å². The number of ether oxygens (including phenoxy) is 1. The first-order valence-corrected chi connectivity index (χ1v) is 8.42. The molecule has 116 valence electrons. The van der Waals surface area contributed by atoms with Gasteiger partial charge in [-0.25, -0.2) is 0 Å². The largest absolute Gasteiger partial charge is 0.496 e. The maximum absolute atomic E-state index is 5.51. The minimum absolute atomic E-state index is 0.341. The van der Waals surface area contributed by atoms with Crippen molar-refractivity contribution in [1.82, 2.24) is 10.6 Å². The molecule has 1 aliphatic carbocycles. The number of nitrogens with one attached hydrogen (secondary N) is 2. The molecule has 1 saturated heterocycles. The molecule has 4 atom stereocenters. The third-order valence-corrected chi connectivity index (χ3v) is 5.25. The van der Waals surface area contributed by atoms with Gasteiger partial charge in [0.05, 0.1) is 7.11 Å². The van der Waals surface area contributed by atoms with Crippen LogP contribution in [-0.4, -0.2) is 25.7 Å². The SMILES string of the molecule is COc1ccccc1C(C)NC1CCCC1C1CCCN1. The van der Waals surface area contributed by atoms with E-state index in [1.165, 1.54) is 44.2 Å². The molecule has 1 aromatic carbocycles. The zero-order valence-electron chi connectivity index (χ0n) is 13.3. The van der Waals surface area contributed by atoms with Crippen molar-refractivity contribution in [2.45, 2.75) is 57.2 Å². The van der Waals surface area contributed by atoms with E-state index in [0.29, 0.717) is 12.1 Å². The Balaban J connectivity index is 1.67. The van der Waals surface area contributed by atoms with E-state index in [4.69, 9.17) is 4.74 Å². The van der Waals surface area contributed by atoms with Crippen LogP contribution >= 0.6 is 0 Å². The molecule has 2 aliphatic rings. The second kappa shape index (κ2) is 6.80. The average molecular weight is 288 g/mol. The highest BCUT2D eigenvalue weighted by molar-refractivity contribution is 5.35. The second-order valence-electron chi connectivity index (χ2n) is 6.53. The highest BCUT2D eigenvalue weighted by Crippen LogP contribution is 2.34. The molecule has 21 heavy (non-hydrogen) atoms. The van der Waals surface area contributed by atoms with Crippen LogP contribution in [0.15, 0.2) is 24.3 Å². The zero-order valence-corrected chi connectivity index (χ0v) is 13.3. The van der Waals surface area contributed by atoms with Crippen molar-refractivity contribution in [2.24, 2.45) is 5.92 Å². The third kappa shape index (κ3) is 3.24. The summed E-state index contributed by atoms with van der Waals surface area (Å²) in [5, 5.41) is 7.58. The summed E-state index contributed by atoms with van der Waals surface area (Å²) in [5.74, 6) is 1.79. The summed E-state index contributed by atoms with van der Waals surface area (Å²) >= 11 is 0. The van der Waals surface area contributed by atoms with Crippen molar-refractivity contribution < 1.29 is 4.74 Å². The molecule has 1 aliphatic heterocycles. The Morgan fingerprint density at radius 1 is 1.19 bits per heavy atom. The molecular weight excluding hydrogens is 260 g/mol. The molecule has 3 rings (SSSR count). The van der Waals surface area contributed by atoms with Crippen molar-refractivity contribution in [1.29, 1.82) is 0 Å². The summed E-state index contributed by atoms with van der Waals surface area (Å²) < 4.78 is 5.51. The number of benzene rings is 1. The number of rotatable bonds is 5. The number of para-hydroxylation sites is 1. The lowest BCUT2D eigenvalue weighted by atomic mass is 9.92. The van der Waals surface area contributed by atoms with E-state index in [1.807, 2.05) is 6.07 Å². The monoisotopic (exact) mass is 288 g/mol. The van der Waals surface area contributed by atoms with Gasteiger partial charge < -0.3 is 15.4 Å². The van der Waals surface area contributed by atoms with E-state index in [-0.39, 0.29) is 0 Å². The number of methoxy groups -OCH3 is 1. The Hall–Kier alpha value is -1.06. The Kier molecular flexibility index (Phi) is 4.81. The van der Waals surface area contributed by atoms with Gasteiger partial charge in [-0.3, -0.25) is 0 Å². The Bertz CT molecular complexity index is 456. The van der Waals surface area contributed by atoms with Gasteiger partial charge >= 0.3 is 0 Å². The Morgan fingerprint density at radius 2 is 2.05 bits per heavy atom. The standard InChI is InChI=1S/C18H28N2O/c1-13(14-7-3-4-11-18(14)21-2)20-17-9-5-8-15(17)16-10-6-12-19-16/h3-4,7,11,13,15-17,19-20H,5-6,8-10,12H2,1-2H3. The van der Waals surface area contributed by atoms with Gasteiger partial charge in [0, 0.05) is 23.7 Å². The molecule has 0 aromatic heterocycles. The fourth-order valence-electron chi connectivity index (χ4n) is 4.19. The summed E-state index contributed by atoms with van der Waals surface area (Å²) in [6.07, 6.45) is 6.73. The molecule has 0 bridgehead atoms. The molecule has 0 amide bonds. The van der Waals surface area contributed by atoms with Crippen LogP contribution in [0.1, 0.15) is 50.6 Å². The fraction of sp³-hybridized carbons (Fsp3) is 0.667. The van der Waals surface area contributed by atoms with Crippen LogP contribution in [0.2, 0.25) is 0 Å². The maximum atomic E-state index is 5.51. The van der Waals surface area contributed by atoms with Crippen molar-refractivity contribution in [3.63, 3.8) is 0 Å². The van der Waals surface area contributed by atoms with Gasteiger partial charge in [-0.2, -0.15) is 0 Å². The van der Waals surface area contributed by atoms with E-state index in [2.05, 4.69) is 35.8 Å². The maximum Gasteiger partial charge on any atom is 0.123 e. The van der Waals surface area contributed by atoms with Crippen LogP contribution in [0.3, 0.4) is 0 Å². The molecule has 3 heteroatoms. The van der Waals surface area contributed by atoms with Gasteiger partial charge in [-0.05, 0) is 51.1 Å². The summed E-state index contributed by atoms with van der Waals surface area (Å²) in [7, 11) is 1.76. The van der Waals surface area contributed by atoms with Crippen LogP contribution in [0.25, 0.3) is 0 Å².